The number of non-ortho nitro benzene ring substituents is 1. The minimum atomic E-state index is -0.963. The van der Waals surface area contributed by atoms with Crippen molar-refractivity contribution in [2.24, 2.45) is 0 Å². The molecule has 2 rings (SSSR count). The van der Waals surface area contributed by atoms with E-state index >= 15 is 0 Å². The molecule has 25 heavy (non-hydrogen) atoms. The fraction of sp³-hybridized carbons (Fsp3) is 0.133. The summed E-state index contributed by atoms with van der Waals surface area (Å²) in [6.45, 7) is 1.42. The average Bonchev–Trinajstić information content (AvgIpc) is 3.14. The van der Waals surface area contributed by atoms with E-state index in [0.29, 0.717) is 4.88 Å². The van der Waals surface area contributed by atoms with Crippen molar-refractivity contribution in [2.45, 2.75) is 13.0 Å². The first-order valence-corrected chi connectivity index (χ1v) is 7.95. The summed E-state index contributed by atoms with van der Waals surface area (Å²) in [7, 11) is 0. The number of hydrogen-bond acceptors (Lipinski definition) is 6. The number of carbonyl (C=O) groups excluding carboxylic acids is 3. The first-order chi connectivity index (χ1) is 11.9. The fourth-order valence-electron chi connectivity index (χ4n) is 1.80. The standard InChI is InChI=1S/C15H14N4O5S/c1-9(13(20)17-18-15(22)12-6-3-7-25-12)16-14(21)10-4-2-5-11(8-10)19(23)24/h2-9H,1H3,(H,16,21)(H,17,20)(H,18,22)/t9-/m0/s1. The van der Waals surface area contributed by atoms with Crippen LogP contribution in [0.15, 0.2) is 41.8 Å². The van der Waals surface area contributed by atoms with E-state index in [1.54, 1.807) is 17.5 Å². The molecular weight excluding hydrogens is 348 g/mol. The molecule has 0 saturated heterocycles. The molecule has 0 spiro atoms. The van der Waals surface area contributed by atoms with Gasteiger partial charge in [-0.15, -0.1) is 11.3 Å². The van der Waals surface area contributed by atoms with Gasteiger partial charge in [-0.05, 0) is 24.4 Å². The van der Waals surface area contributed by atoms with Gasteiger partial charge < -0.3 is 5.32 Å². The first-order valence-electron chi connectivity index (χ1n) is 7.07. The highest BCUT2D eigenvalue weighted by molar-refractivity contribution is 7.12. The lowest BCUT2D eigenvalue weighted by atomic mass is 10.2. The molecule has 0 fully saturated rings. The van der Waals surface area contributed by atoms with Crippen molar-refractivity contribution in [1.29, 1.82) is 0 Å². The molecule has 1 atom stereocenters. The van der Waals surface area contributed by atoms with Crippen LogP contribution in [0.4, 0.5) is 5.69 Å². The zero-order valence-corrected chi connectivity index (χ0v) is 13.8. The summed E-state index contributed by atoms with van der Waals surface area (Å²) in [5.41, 5.74) is 4.26. The highest BCUT2D eigenvalue weighted by Gasteiger charge is 2.19. The molecule has 0 bridgehead atoms. The largest absolute Gasteiger partial charge is 0.340 e. The van der Waals surface area contributed by atoms with Gasteiger partial charge in [0, 0.05) is 17.7 Å². The van der Waals surface area contributed by atoms with Gasteiger partial charge >= 0.3 is 0 Å². The van der Waals surface area contributed by atoms with E-state index in [0.717, 1.165) is 6.07 Å². The smallest absolute Gasteiger partial charge is 0.279 e. The van der Waals surface area contributed by atoms with Crippen LogP contribution < -0.4 is 16.2 Å². The van der Waals surface area contributed by atoms with E-state index in [2.05, 4.69) is 16.2 Å². The second-order valence-electron chi connectivity index (χ2n) is 4.92. The Hall–Kier alpha value is -3.27. The molecule has 0 aliphatic heterocycles. The lowest BCUT2D eigenvalue weighted by Gasteiger charge is -2.14. The second kappa shape index (κ2) is 8.02. The van der Waals surface area contributed by atoms with E-state index < -0.39 is 28.7 Å². The number of hydrazine groups is 1. The fourth-order valence-corrected chi connectivity index (χ4v) is 2.42. The van der Waals surface area contributed by atoms with Crippen LogP contribution in [0.25, 0.3) is 0 Å². The third-order valence-corrected chi connectivity index (χ3v) is 3.97. The molecule has 0 radical (unpaired) electrons. The molecular formula is C15H14N4O5S. The summed E-state index contributed by atoms with van der Waals surface area (Å²) in [6, 6.07) is 7.47. The van der Waals surface area contributed by atoms with E-state index in [4.69, 9.17) is 0 Å². The van der Waals surface area contributed by atoms with Gasteiger partial charge in [-0.3, -0.25) is 35.3 Å². The second-order valence-corrected chi connectivity index (χ2v) is 5.87. The number of rotatable bonds is 5. The molecule has 3 amide bonds. The number of carbonyl (C=O) groups is 3. The Labute approximate surface area is 146 Å². The van der Waals surface area contributed by atoms with Gasteiger partial charge in [-0.1, -0.05) is 12.1 Å². The molecule has 3 N–H and O–H groups in total. The van der Waals surface area contributed by atoms with Crippen LogP contribution in [0, 0.1) is 10.1 Å². The Morgan fingerprint density at radius 3 is 2.52 bits per heavy atom. The minimum Gasteiger partial charge on any atom is -0.340 e. The summed E-state index contributed by atoms with van der Waals surface area (Å²) in [5.74, 6) is -1.75. The molecule has 130 valence electrons. The molecule has 0 saturated carbocycles. The van der Waals surface area contributed by atoms with Crippen molar-refractivity contribution >= 4 is 34.7 Å². The molecule has 1 aromatic carbocycles. The Morgan fingerprint density at radius 2 is 1.88 bits per heavy atom. The Morgan fingerprint density at radius 1 is 1.12 bits per heavy atom. The third-order valence-electron chi connectivity index (χ3n) is 3.10. The number of nitrogens with zero attached hydrogens (tertiary/aromatic N) is 1. The van der Waals surface area contributed by atoms with E-state index in [1.165, 1.54) is 36.5 Å². The topological polar surface area (TPSA) is 130 Å². The zero-order chi connectivity index (χ0) is 18.4. The van der Waals surface area contributed by atoms with Crippen LogP contribution in [-0.4, -0.2) is 28.7 Å². The number of thiophene rings is 1. The van der Waals surface area contributed by atoms with Gasteiger partial charge in [0.25, 0.3) is 23.4 Å². The molecule has 10 heteroatoms. The lowest BCUT2D eigenvalue weighted by molar-refractivity contribution is -0.384. The van der Waals surface area contributed by atoms with Crippen molar-refractivity contribution in [3.8, 4) is 0 Å². The molecule has 2 aromatic rings. The zero-order valence-electron chi connectivity index (χ0n) is 13.0. The van der Waals surface area contributed by atoms with Gasteiger partial charge in [0.1, 0.15) is 6.04 Å². The SMILES string of the molecule is C[C@H](NC(=O)c1cccc([N+](=O)[O-])c1)C(=O)NNC(=O)c1cccs1. The third kappa shape index (κ3) is 4.85. The number of benzene rings is 1. The van der Waals surface area contributed by atoms with Crippen LogP contribution in [-0.2, 0) is 4.79 Å². The minimum absolute atomic E-state index is 0.0523. The van der Waals surface area contributed by atoms with Crippen LogP contribution in [0.5, 0.6) is 0 Å². The van der Waals surface area contributed by atoms with Gasteiger partial charge in [-0.2, -0.15) is 0 Å². The summed E-state index contributed by atoms with van der Waals surface area (Å²) < 4.78 is 0. The quantitative estimate of drug-likeness (QED) is 0.544. The molecule has 9 nitrogen and oxygen atoms in total. The maximum absolute atomic E-state index is 12.1. The maximum Gasteiger partial charge on any atom is 0.279 e. The van der Waals surface area contributed by atoms with Gasteiger partial charge in [0.2, 0.25) is 0 Å². The number of nitro groups is 1. The molecule has 0 aliphatic rings. The van der Waals surface area contributed by atoms with Crippen LogP contribution in [0.1, 0.15) is 27.0 Å². The average molecular weight is 362 g/mol. The van der Waals surface area contributed by atoms with Gasteiger partial charge in [0.05, 0.1) is 9.80 Å². The molecule has 0 unspecified atom stereocenters. The number of amides is 3. The summed E-state index contributed by atoms with van der Waals surface area (Å²) in [6.07, 6.45) is 0. The predicted octanol–water partition coefficient (Wildman–Crippen LogP) is 1.24. The molecule has 1 heterocycles. The Balaban J connectivity index is 1.90. The van der Waals surface area contributed by atoms with Crippen molar-refractivity contribution in [2.75, 3.05) is 0 Å². The van der Waals surface area contributed by atoms with Crippen LogP contribution >= 0.6 is 11.3 Å². The maximum atomic E-state index is 12.1. The molecule has 0 aliphatic carbocycles. The lowest BCUT2D eigenvalue weighted by Crippen LogP contribution is -2.51. The monoisotopic (exact) mass is 362 g/mol. The molecule has 1 aromatic heterocycles. The normalized spacial score (nSPS) is 11.2. The van der Waals surface area contributed by atoms with Crippen LogP contribution in [0.2, 0.25) is 0 Å². The summed E-state index contributed by atoms with van der Waals surface area (Å²) >= 11 is 1.21. The number of nitrogens with one attached hydrogen (secondary N) is 3. The van der Waals surface area contributed by atoms with Crippen molar-refractivity contribution < 1.29 is 19.3 Å². The number of hydrogen-bond donors (Lipinski definition) is 3. The Bertz CT molecular complexity index is 806. The van der Waals surface area contributed by atoms with Crippen LogP contribution in [0.3, 0.4) is 0 Å². The predicted molar refractivity (Wildman–Crippen MR) is 90.0 cm³/mol. The summed E-state index contributed by atoms with van der Waals surface area (Å²) in [5, 5.41) is 14.8. The van der Waals surface area contributed by atoms with E-state index in [9.17, 15) is 24.5 Å². The number of nitro benzene ring substituents is 1. The summed E-state index contributed by atoms with van der Waals surface area (Å²) in [4.78, 5) is 46.2. The highest BCUT2D eigenvalue weighted by atomic mass is 32.1. The van der Waals surface area contributed by atoms with Gasteiger partial charge in [-0.25, -0.2) is 0 Å². The van der Waals surface area contributed by atoms with Crippen molar-refractivity contribution in [3.05, 3.63) is 62.3 Å². The van der Waals surface area contributed by atoms with E-state index in [-0.39, 0.29) is 11.3 Å². The highest BCUT2D eigenvalue weighted by Crippen LogP contribution is 2.13. The van der Waals surface area contributed by atoms with Crippen molar-refractivity contribution in [1.82, 2.24) is 16.2 Å². The first kappa shape index (κ1) is 18.1. The van der Waals surface area contributed by atoms with Gasteiger partial charge in [0.15, 0.2) is 0 Å². The van der Waals surface area contributed by atoms with Crippen molar-refractivity contribution in [3.63, 3.8) is 0 Å². The van der Waals surface area contributed by atoms with E-state index in [1.807, 2.05) is 0 Å². The Kier molecular flexibility index (Phi) is 5.79.